The Morgan fingerprint density at radius 1 is 1.46 bits per heavy atom. The van der Waals surface area contributed by atoms with Gasteiger partial charge in [-0.1, -0.05) is 47.2 Å². The number of hydrogen-bond acceptors (Lipinski definition) is 6. The van der Waals surface area contributed by atoms with E-state index in [4.69, 9.17) is 12.2 Å². The van der Waals surface area contributed by atoms with E-state index in [-0.39, 0.29) is 5.91 Å². The largest absolute Gasteiger partial charge is 0.301 e. The molecule has 146 valence electrons. The second-order valence-corrected chi connectivity index (χ2v) is 8.59. The molecule has 28 heavy (non-hydrogen) atoms. The summed E-state index contributed by atoms with van der Waals surface area (Å²) in [6.07, 6.45) is 1.76. The molecule has 2 heterocycles. The molecule has 1 aromatic carbocycles. The van der Waals surface area contributed by atoms with Gasteiger partial charge in [0.25, 0.3) is 0 Å². The third kappa shape index (κ3) is 4.98. The number of carbonyl (C=O) groups is 1. The van der Waals surface area contributed by atoms with Crippen molar-refractivity contribution in [3.05, 3.63) is 58.5 Å². The standard InChI is InChI=1S/C19H21N5OS3/c1-4-8-24-17(22-23-19(24)26)16-13(3)20-18(28-16)21-15(25)11-27-10-14-7-5-6-12(2)9-14/h4-7,9H,1,8,10-11H2,2-3H3,(H,23,26)(H,20,21,25). The molecular formula is C19H21N5OS3. The van der Waals surface area contributed by atoms with Crippen LogP contribution in [0.15, 0.2) is 36.9 Å². The van der Waals surface area contributed by atoms with E-state index in [2.05, 4.69) is 52.2 Å². The van der Waals surface area contributed by atoms with Gasteiger partial charge in [0, 0.05) is 12.3 Å². The minimum Gasteiger partial charge on any atom is -0.301 e. The van der Waals surface area contributed by atoms with Crippen molar-refractivity contribution in [1.29, 1.82) is 0 Å². The first-order valence-electron chi connectivity index (χ1n) is 8.65. The molecule has 0 saturated carbocycles. The van der Waals surface area contributed by atoms with Gasteiger partial charge >= 0.3 is 0 Å². The van der Waals surface area contributed by atoms with Crippen LogP contribution in [-0.2, 0) is 17.1 Å². The second-order valence-electron chi connectivity index (χ2n) is 6.22. The van der Waals surface area contributed by atoms with Gasteiger partial charge in [-0.25, -0.2) is 4.98 Å². The zero-order chi connectivity index (χ0) is 20.1. The van der Waals surface area contributed by atoms with Crippen LogP contribution in [-0.4, -0.2) is 31.4 Å². The molecule has 2 aromatic heterocycles. The molecule has 0 fully saturated rings. The van der Waals surface area contributed by atoms with E-state index in [1.807, 2.05) is 17.6 Å². The third-order valence-electron chi connectivity index (χ3n) is 3.90. The molecule has 0 atom stereocenters. The molecule has 0 aliphatic rings. The summed E-state index contributed by atoms with van der Waals surface area (Å²) < 4.78 is 2.38. The number of nitrogens with zero attached hydrogens (tertiary/aromatic N) is 3. The lowest BCUT2D eigenvalue weighted by Crippen LogP contribution is -2.13. The number of benzene rings is 1. The van der Waals surface area contributed by atoms with Crippen LogP contribution in [0.3, 0.4) is 0 Å². The fourth-order valence-electron chi connectivity index (χ4n) is 2.67. The molecule has 6 nitrogen and oxygen atoms in total. The quantitative estimate of drug-likeness (QED) is 0.398. The maximum Gasteiger partial charge on any atom is 0.236 e. The predicted octanol–water partition coefficient (Wildman–Crippen LogP) is 4.74. The second kappa shape index (κ2) is 9.31. The number of aryl methyl sites for hydroxylation is 2. The number of nitrogens with one attached hydrogen (secondary N) is 2. The Morgan fingerprint density at radius 3 is 3.04 bits per heavy atom. The summed E-state index contributed by atoms with van der Waals surface area (Å²) in [5.74, 6) is 1.81. The fourth-order valence-corrected chi connectivity index (χ4v) is 4.63. The van der Waals surface area contributed by atoms with Gasteiger partial charge in [-0.05, 0) is 31.6 Å². The van der Waals surface area contributed by atoms with E-state index < -0.39 is 0 Å². The highest BCUT2D eigenvalue weighted by atomic mass is 32.2. The topological polar surface area (TPSA) is 75.6 Å². The Morgan fingerprint density at radius 2 is 2.29 bits per heavy atom. The monoisotopic (exact) mass is 431 g/mol. The lowest BCUT2D eigenvalue weighted by atomic mass is 10.2. The molecule has 0 saturated heterocycles. The number of H-pyrrole nitrogens is 1. The number of rotatable bonds is 8. The first-order valence-corrected chi connectivity index (χ1v) is 11.0. The van der Waals surface area contributed by atoms with Crippen molar-refractivity contribution in [1.82, 2.24) is 19.7 Å². The number of aromatic amines is 1. The van der Waals surface area contributed by atoms with E-state index in [1.54, 1.807) is 17.8 Å². The molecule has 0 bridgehead atoms. The van der Waals surface area contributed by atoms with E-state index in [0.717, 1.165) is 16.3 Å². The summed E-state index contributed by atoms with van der Waals surface area (Å²) in [5, 5.41) is 10.5. The van der Waals surface area contributed by atoms with Gasteiger partial charge in [0.15, 0.2) is 15.7 Å². The van der Waals surface area contributed by atoms with Crippen molar-refractivity contribution in [3.63, 3.8) is 0 Å². The average Bonchev–Trinajstić information content (AvgIpc) is 3.18. The SMILES string of the molecule is C=CCn1c(-c2sc(NC(=O)CSCc3cccc(C)c3)nc2C)n[nH]c1=S. The molecule has 1 amide bonds. The molecule has 0 aliphatic heterocycles. The zero-order valence-electron chi connectivity index (χ0n) is 15.7. The molecule has 0 aliphatic carbocycles. The molecule has 2 N–H and O–H groups in total. The van der Waals surface area contributed by atoms with Gasteiger partial charge < -0.3 is 5.32 Å². The van der Waals surface area contributed by atoms with E-state index in [9.17, 15) is 4.79 Å². The third-order valence-corrected chi connectivity index (χ3v) is 6.28. The molecular weight excluding hydrogens is 410 g/mol. The van der Waals surface area contributed by atoms with Gasteiger partial charge in [0.05, 0.1) is 16.3 Å². The van der Waals surface area contributed by atoms with E-state index in [1.165, 1.54) is 22.5 Å². The summed E-state index contributed by atoms with van der Waals surface area (Å²) in [6.45, 7) is 8.27. The van der Waals surface area contributed by atoms with Crippen LogP contribution in [0.5, 0.6) is 0 Å². The number of carbonyl (C=O) groups excluding carboxylic acids is 1. The fraction of sp³-hybridized carbons (Fsp3) is 0.263. The van der Waals surface area contributed by atoms with Crippen LogP contribution in [0.25, 0.3) is 10.7 Å². The van der Waals surface area contributed by atoms with Crippen molar-refractivity contribution >= 4 is 46.4 Å². The van der Waals surface area contributed by atoms with Gasteiger partial charge in [-0.2, -0.15) is 5.10 Å². The maximum atomic E-state index is 12.3. The van der Waals surface area contributed by atoms with Crippen molar-refractivity contribution in [3.8, 4) is 10.7 Å². The first-order chi connectivity index (χ1) is 13.5. The average molecular weight is 432 g/mol. The van der Waals surface area contributed by atoms with Crippen LogP contribution in [0.4, 0.5) is 5.13 Å². The first kappa shape index (κ1) is 20.5. The van der Waals surface area contributed by atoms with Crippen molar-refractivity contribution in [2.45, 2.75) is 26.1 Å². The summed E-state index contributed by atoms with van der Waals surface area (Å²) in [7, 11) is 0. The van der Waals surface area contributed by atoms with Crippen molar-refractivity contribution < 1.29 is 4.79 Å². The lowest BCUT2D eigenvalue weighted by molar-refractivity contribution is -0.113. The van der Waals surface area contributed by atoms with Gasteiger partial charge in [0.2, 0.25) is 5.91 Å². The Kier molecular flexibility index (Phi) is 6.82. The Balaban J connectivity index is 1.62. The summed E-state index contributed by atoms with van der Waals surface area (Å²) in [6, 6.07) is 8.31. The lowest BCUT2D eigenvalue weighted by Gasteiger charge is -2.03. The normalized spacial score (nSPS) is 10.8. The van der Waals surface area contributed by atoms with Crippen LogP contribution >= 0.6 is 35.3 Å². The number of thiazole rings is 1. The number of allylic oxidation sites excluding steroid dienone is 1. The van der Waals surface area contributed by atoms with E-state index >= 15 is 0 Å². The minimum atomic E-state index is -0.0668. The van der Waals surface area contributed by atoms with Crippen LogP contribution in [0.1, 0.15) is 16.8 Å². The minimum absolute atomic E-state index is 0.0668. The Bertz CT molecular complexity index is 1050. The van der Waals surface area contributed by atoms with Gasteiger partial charge in [0.1, 0.15) is 0 Å². The number of thioether (sulfide) groups is 1. The van der Waals surface area contributed by atoms with Gasteiger partial charge in [-0.15, -0.1) is 18.3 Å². The zero-order valence-corrected chi connectivity index (χ0v) is 18.1. The van der Waals surface area contributed by atoms with Crippen molar-refractivity contribution in [2.75, 3.05) is 11.1 Å². The molecule has 0 spiro atoms. The van der Waals surface area contributed by atoms with Crippen LogP contribution < -0.4 is 5.32 Å². The van der Waals surface area contributed by atoms with Crippen molar-refractivity contribution in [2.24, 2.45) is 0 Å². The molecule has 0 unspecified atom stereocenters. The maximum absolute atomic E-state index is 12.3. The van der Waals surface area contributed by atoms with E-state index in [0.29, 0.717) is 28.0 Å². The smallest absolute Gasteiger partial charge is 0.236 e. The summed E-state index contributed by atoms with van der Waals surface area (Å²) in [4.78, 5) is 17.6. The summed E-state index contributed by atoms with van der Waals surface area (Å²) >= 11 is 8.23. The highest BCUT2D eigenvalue weighted by molar-refractivity contribution is 7.99. The number of anilines is 1. The van der Waals surface area contributed by atoms with Crippen LogP contribution in [0.2, 0.25) is 0 Å². The number of aromatic nitrogens is 4. The highest BCUT2D eigenvalue weighted by Gasteiger charge is 2.17. The molecule has 9 heteroatoms. The molecule has 0 radical (unpaired) electrons. The summed E-state index contributed by atoms with van der Waals surface area (Å²) in [5.41, 5.74) is 3.24. The highest BCUT2D eigenvalue weighted by Crippen LogP contribution is 2.31. The molecule has 3 aromatic rings. The number of hydrogen-bond donors (Lipinski definition) is 2. The number of amides is 1. The van der Waals surface area contributed by atoms with Gasteiger partial charge in [-0.3, -0.25) is 14.5 Å². The molecule has 3 rings (SSSR count). The van der Waals surface area contributed by atoms with Crippen LogP contribution in [0, 0.1) is 18.6 Å². The Hall–Kier alpha value is -2.23. The Labute approximate surface area is 177 Å². The predicted molar refractivity (Wildman–Crippen MR) is 119 cm³/mol.